The predicted molar refractivity (Wildman–Crippen MR) is 81.5 cm³/mol. The second-order valence-corrected chi connectivity index (χ2v) is 5.31. The number of nitrogens with two attached hydrogens (primary N) is 1. The number of thiocarbonyl (C=S) groups is 1. The Balaban J connectivity index is 2.12. The standard InChI is InChI=1S/C13H21N5S/c1-3-18-8-4-10(5-9-18)17(2)13-11(12(14)19)15-6-7-16-13/h6-7,10H,3-5,8-9H2,1-2H3,(H2,14,19). The first-order valence-corrected chi connectivity index (χ1v) is 7.10. The molecule has 104 valence electrons. The Labute approximate surface area is 119 Å². The van der Waals surface area contributed by atoms with E-state index in [1.807, 2.05) is 0 Å². The third-order valence-electron chi connectivity index (χ3n) is 3.80. The molecule has 1 fully saturated rings. The van der Waals surface area contributed by atoms with E-state index >= 15 is 0 Å². The molecule has 0 spiro atoms. The maximum absolute atomic E-state index is 5.72. The summed E-state index contributed by atoms with van der Waals surface area (Å²) in [6.07, 6.45) is 5.59. The topological polar surface area (TPSA) is 58.3 Å². The summed E-state index contributed by atoms with van der Waals surface area (Å²) in [7, 11) is 2.05. The summed E-state index contributed by atoms with van der Waals surface area (Å²) in [5.41, 5.74) is 6.34. The van der Waals surface area contributed by atoms with Gasteiger partial charge in [0, 0.05) is 38.6 Å². The molecule has 2 rings (SSSR count). The normalized spacial score (nSPS) is 17.4. The minimum absolute atomic E-state index is 0.306. The molecule has 1 aliphatic rings. The highest BCUT2D eigenvalue weighted by atomic mass is 32.1. The Morgan fingerprint density at radius 3 is 2.63 bits per heavy atom. The van der Waals surface area contributed by atoms with Gasteiger partial charge < -0.3 is 15.5 Å². The number of rotatable bonds is 4. The van der Waals surface area contributed by atoms with E-state index < -0.39 is 0 Å². The largest absolute Gasteiger partial charge is 0.388 e. The number of hydrogen-bond acceptors (Lipinski definition) is 5. The maximum Gasteiger partial charge on any atom is 0.157 e. The van der Waals surface area contributed by atoms with E-state index in [0.29, 0.717) is 16.7 Å². The van der Waals surface area contributed by atoms with Gasteiger partial charge in [-0.05, 0) is 19.4 Å². The number of likely N-dealkylation sites (tertiary alicyclic amines) is 1. The number of piperidine rings is 1. The molecule has 19 heavy (non-hydrogen) atoms. The van der Waals surface area contributed by atoms with Crippen molar-refractivity contribution in [1.82, 2.24) is 14.9 Å². The highest BCUT2D eigenvalue weighted by molar-refractivity contribution is 7.80. The molecule has 6 heteroatoms. The highest BCUT2D eigenvalue weighted by Crippen LogP contribution is 2.22. The molecule has 0 bridgehead atoms. The van der Waals surface area contributed by atoms with Crippen LogP contribution in [0.2, 0.25) is 0 Å². The van der Waals surface area contributed by atoms with Crippen LogP contribution in [0, 0.1) is 0 Å². The molecular formula is C13H21N5S. The minimum Gasteiger partial charge on any atom is -0.388 e. The number of anilines is 1. The second kappa shape index (κ2) is 6.25. The Kier molecular flexibility index (Phi) is 4.66. The van der Waals surface area contributed by atoms with Crippen LogP contribution in [0.15, 0.2) is 12.4 Å². The zero-order chi connectivity index (χ0) is 13.8. The van der Waals surface area contributed by atoms with E-state index in [0.717, 1.165) is 38.3 Å². The molecular weight excluding hydrogens is 258 g/mol. The predicted octanol–water partition coefficient (Wildman–Crippen LogP) is 1.03. The van der Waals surface area contributed by atoms with Crippen molar-refractivity contribution in [2.45, 2.75) is 25.8 Å². The minimum atomic E-state index is 0.306. The van der Waals surface area contributed by atoms with Gasteiger partial charge in [0.15, 0.2) is 5.82 Å². The summed E-state index contributed by atoms with van der Waals surface area (Å²) in [4.78, 5) is 13.6. The average molecular weight is 279 g/mol. The molecule has 0 saturated carbocycles. The Bertz CT molecular complexity index is 442. The Hall–Kier alpha value is -1.27. The van der Waals surface area contributed by atoms with Crippen molar-refractivity contribution in [1.29, 1.82) is 0 Å². The van der Waals surface area contributed by atoms with Crippen molar-refractivity contribution >= 4 is 23.0 Å². The highest BCUT2D eigenvalue weighted by Gasteiger charge is 2.24. The molecule has 0 aromatic carbocycles. The molecule has 1 saturated heterocycles. The first kappa shape index (κ1) is 14.1. The van der Waals surface area contributed by atoms with Crippen molar-refractivity contribution in [2.24, 2.45) is 5.73 Å². The summed E-state index contributed by atoms with van der Waals surface area (Å²) < 4.78 is 0. The molecule has 1 aromatic heterocycles. The zero-order valence-electron chi connectivity index (χ0n) is 11.5. The fraction of sp³-hybridized carbons (Fsp3) is 0.615. The maximum atomic E-state index is 5.72. The van der Waals surface area contributed by atoms with Crippen molar-refractivity contribution in [2.75, 3.05) is 31.6 Å². The third kappa shape index (κ3) is 3.19. The van der Waals surface area contributed by atoms with Gasteiger partial charge in [0.1, 0.15) is 10.7 Å². The van der Waals surface area contributed by atoms with Crippen LogP contribution >= 0.6 is 12.2 Å². The zero-order valence-corrected chi connectivity index (χ0v) is 12.4. The van der Waals surface area contributed by atoms with Gasteiger partial charge in [0.2, 0.25) is 0 Å². The molecule has 1 aliphatic heterocycles. The smallest absolute Gasteiger partial charge is 0.157 e. The van der Waals surface area contributed by atoms with Crippen LogP contribution < -0.4 is 10.6 Å². The summed E-state index contributed by atoms with van der Waals surface area (Å²) in [5, 5.41) is 0. The molecule has 0 amide bonds. The van der Waals surface area contributed by atoms with E-state index in [2.05, 4.69) is 33.7 Å². The van der Waals surface area contributed by atoms with Crippen LogP contribution in [0.5, 0.6) is 0 Å². The Morgan fingerprint density at radius 1 is 1.42 bits per heavy atom. The van der Waals surface area contributed by atoms with Crippen molar-refractivity contribution in [3.05, 3.63) is 18.1 Å². The summed E-state index contributed by atoms with van der Waals surface area (Å²) in [5.74, 6) is 0.796. The molecule has 0 unspecified atom stereocenters. The van der Waals surface area contributed by atoms with Crippen molar-refractivity contribution in [3.63, 3.8) is 0 Å². The van der Waals surface area contributed by atoms with Crippen LogP contribution in [-0.4, -0.2) is 52.6 Å². The van der Waals surface area contributed by atoms with Gasteiger partial charge in [0.05, 0.1) is 0 Å². The summed E-state index contributed by atoms with van der Waals surface area (Å²) in [6.45, 7) is 5.60. The SMILES string of the molecule is CCN1CCC(N(C)c2nccnc2C(N)=S)CC1. The van der Waals surface area contributed by atoms with Gasteiger partial charge in [0.25, 0.3) is 0 Å². The Morgan fingerprint density at radius 2 is 2.05 bits per heavy atom. The van der Waals surface area contributed by atoms with Gasteiger partial charge in [-0.2, -0.15) is 0 Å². The second-order valence-electron chi connectivity index (χ2n) is 4.87. The lowest BCUT2D eigenvalue weighted by Crippen LogP contribution is -2.44. The van der Waals surface area contributed by atoms with Gasteiger partial charge in [-0.15, -0.1) is 0 Å². The molecule has 0 atom stereocenters. The number of aromatic nitrogens is 2. The lowest BCUT2D eigenvalue weighted by atomic mass is 10.0. The van der Waals surface area contributed by atoms with Crippen LogP contribution in [0.4, 0.5) is 5.82 Å². The fourth-order valence-corrected chi connectivity index (χ4v) is 2.70. The van der Waals surface area contributed by atoms with Gasteiger partial charge in [-0.25, -0.2) is 9.97 Å². The summed E-state index contributed by atoms with van der Waals surface area (Å²) >= 11 is 5.05. The van der Waals surface area contributed by atoms with Crippen LogP contribution in [0.25, 0.3) is 0 Å². The van der Waals surface area contributed by atoms with Gasteiger partial charge >= 0.3 is 0 Å². The quantitative estimate of drug-likeness (QED) is 0.831. The fourth-order valence-electron chi connectivity index (χ4n) is 2.56. The van der Waals surface area contributed by atoms with E-state index in [4.69, 9.17) is 18.0 Å². The van der Waals surface area contributed by atoms with Crippen molar-refractivity contribution in [3.8, 4) is 0 Å². The van der Waals surface area contributed by atoms with E-state index in [9.17, 15) is 0 Å². The average Bonchev–Trinajstić information content (AvgIpc) is 2.46. The van der Waals surface area contributed by atoms with Gasteiger partial charge in [-0.3, -0.25) is 0 Å². The molecule has 0 aliphatic carbocycles. The lowest BCUT2D eigenvalue weighted by molar-refractivity contribution is 0.220. The molecule has 2 heterocycles. The first-order valence-electron chi connectivity index (χ1n) is 6.69. The monoisotopic (exact) mass is 279 g/mol. The van der Waals surface area contributed by atoms with E-state index in [1.54, 1.807) is 12.4 Å². The third-order valence-corrected chi connectivity index (χ3v) is 3.99. The van der Waals surface area contributed by atoms with Crippen LogP contribution in [-0.2, 0) is 0 Å². The summed E-state index contributed by atoms with van der Waals surface area (Å²) in [6, 6.07) is 0.479. The lowest BCUT2D eigenvalue weighted by Gasteiger charge is -2.37. The van der Waals surface area contributed by atoms with Gasteiger partial charge in [-0.1, -0.05) is 19.1 Å². The van der Waals surface area contributed by atoms with E-state index in [1.165, 1.54) is 0 Å². The number of hydrogen-bond donors (Lipinski definition) is 1. The van der Waals surface area contributed by atoms with Crippen molar-refractivity contribution < 1.29 is 0 Å². The molecule has 1 aromatic rings. The molecule has 5 nitrogen and oxygen atoms in total. The van der Waals surface area contributed by atoms with E-state index in [-0.39, 0.29) is 0 Å². The van der Waals surface area contributed by atoms with Crippen LogP contribution in [0.1, 0.15) is 25.5 Å². The molecule has 2 N–H and O–H groups in total. The first-order chi connectivity index (χ1) is 9.13. The number of nitrogens with zero attached hydrogens (tertiary/aromatic N) is 4. The van der Waals surface area contributed by atoms with Crippen LogP contribution in [0.3, 0.4) is 0 Å². The molecule has 0 radical (unpaired) electrons.